The molecule has 0 spiro atoms. The highest BCUT2D eigenvalue weighted by Gasteiger charge is 2.26. The minimum atomic E-state index is -4.12. The highest BCUT2D eigenvalue weighted by molar-refractivity contribution is 7.92. The number of ether oxygens (including phenoxy) is 2. The second-order valence-electron chi connectivity index (χ2n) is 11.1. The zero-order chi connectivity index (χ0) is 35.1. The number of amides is 1. The molecule has 0 aliphatic heterocycles. The summed E-state index contributed by atoms with van der Waals surface area (Å²) in [6, 6.07) is 35.6. The topological polar surface area (TPSA) is 129 Å². The molecule has 252 valence electrons. The Morgan fingerprint density at radius 3 is 2.28 bits per heavy atom. The highest BCUT2D eigenvalue weighted by Crippen LogP contribution is 2.33. The van der Waals surface area contributed by atoms with Gasteiger partial charge in [0.2, 0.25) is 0 Å². The zero-order valence-electron chi connectivity index (χ0n) is 26.7. The van der Waals surface area contributed by atoms with Gasteiger partial charge in [-0.2, -0.15) is 5.10 Å². The van der Waals surface area contributed by atoms with Gasteiger partial charge in [0.1, 0.15) is 17.5 Å². The molecule has 1 amide bonds. The van der Waals surface area contributed by atoms with Crippen molar-refractivity contribution in [3.8, 4) is 28.3 Å². The van der Waals surface area contributed by atoms with Crippen LogP contribution in [0, 0.1) is 0 Å². The minimum absolute atomic E-state index is 0.0209. The predicted molar refractivity (Wildman–Crippen MR) is 191 cm³/mol. The number of hydrogen-bond donors (Lipinski definition) is 2. The number of rotatable bonds is 12. The third-order valence-electron chi connectivity index (χ3n) is 7.74. The van der Waals surface area contributed by atoms with E-state index in [1.807, 2.05) is 78.9 Å². The molecule has 12 heteroatoms. The molecule has 1 atom stereocenters. The Balaban J connectivity index is 1.18. The number of carbonyl (C=O) groups excluding carboxylic acids is 2. The van der Waals surface area contributed by atoms with E-state index in [1.54, 1.807) is 35.3 Å². The molecule has 6 aromatic rings. The largest absolute Gasteiger partial charge is 0.467 e. The Morgan fingerprint density at radius 1 is 0.860 bits per heavy atom. The fourth-order valence-electron chi connectivity index (χ4n) is 5.23. The van der Waals surface area contributed by atoms with Gasteiger partial charge < -0.3 is 14.8 Å². The molecule has 0 unspecified atom stereocenters. The number of halogens is 1. The van der Waals surface area contributed by atoms with E-state index in [9.17, 15) is 18.0 Å². The summed E-state index contributed by atoms with van der Waals surface area (Å²) in [7, 11) is -2.89. The van der Waals surface area contributed by atoms with Gasteiger partial charge in [0.05, 0.1) is 28.9 Å². The van der Waals surface area contributed by atoms with Gasteiger partial charge in [-0.3, -0.25) is 9.52 Å². The van der Waals surface area contributed by atoms with Gasteiger partial charge in [-0.25, -0.2) is 17.9 Å². The van der Waals surface area contributed by atoms with Crippen molar-refractivity contribution >= 4 is 39.2 Å². The monoisotopic (exact) mass is 706 g/mol. The first kappa shape index (κ1) is 34.0. The lowest BCUT2D eigenvalue weighted by molar-refractivity contribution is -0.142. The molecular formula is C38H31ClN4O6S. The van der Waals surface area contributed by atoms with Gasteiger partial charge in [0.25, 0.3) is 15.9 Å². The third kappa shape index (κ3) is 8.03. The van der Waals surface area contributed by atoms with Crippen LogP contribution >= 0.6 is 11.6 Å². The Morgan fingerprint density at radius 2 is 1.58 bits per heavy atom. The van der Waals surface area contributed by atoms with Crippen molar-refractivity contribution in [2.45, 2.75) is 17.4 Å². The predicted octanol–water partition coefficient (Wildman–Crippen LogP) is 7.30. The van der Waals surface area contributed by atoms with Gasteiger partial charge in [0, 0.05) is 29.4 Å². The van der Waals surface area contributed by atoms with Crippen LogP contribution in [-0.4, -0.2) is 43.2 Å². The van der Waals surface area contributed by atoms with Crippen molar-refractivity contribution in [1.29, 1.82) is 0 Å². The summed E-state index contributed by atoms with van der Waals surface area (Å²) in [5, 5.41) is 7.04. The molecule has 1 aromatic heterocycles. The van der Waals surface area contributed by atoms with Crippen LogP contribution in [0.15, 0.2) is 145 Å². The SMILES string of the molecule is COC(=O)[C@H](Cc1ccc(-c2ccccc2Oc2ccccc2)cc1)NC(=O)c1cc(Cl)ccc1NS(=O)(=O)c1ccc(-n2cccn2)cc1. The Bertz CT molecular complexity index is 2210. The van der Waals surface area contributed by atoms with E-state index in [2.05, 4.69) is 15.1 Å². The van der Waals surface area contributed by atoms with Crippen LogP contribution in [0.5, 0.6) is 11.5 Å². The second-order valence-corrected chi connectivity index (χ2v) is 13.2. The van der Waals surface area contributed by atoms with Gasteiger partial charge in [-0.05, 0) is 77.9 Å². The highest BCUT2D eigenvalue weighted by atomic mass is 35.5. The molecule has 10 nitrogen and oxygen atoms in total. The lowest BCUT2D eigenvalue weighted by atomic mass is 9.99. The maximum Gasteiger partial charge on any atom is 0.328 e. The molecule has 50 heavy (non-hydrogen) atoms. The molecule has 0 aliphatic carbocycles. The van der Waals surface area contributed by atoms with Crippen molar-refractivity contribution in [2.75, 3.05) is 11.8 Å². The maximum absolute atomic E-state index is 13.6. The summed E-state index contributed by atoms with van der Waals surface area (Å²) in [6.07, 6.45) is 3.45. The van der Waals surface area contributed by atoms with E-state index in [0.717, 1.165) is 16.7 Å². The van der Waals surface area contributed by atoms with Crippen molar-refractivity contribution < 1.29 is 27.5 Å². The van der Waals surface area contributed by atoms with Crippen LogP contribution in [0.4, 0.5) is 5.69 Å². The van der Waals surface area contributed by atoms with E-state index >= 15 is 0 Å². The standard InChI is InChI=1S/C38H31ClN4O6S/c1-48-38(45)35(24-26-12-14-27(15-13-26)32-10-5-6-11-36(32)49-30-8-3-2-4-9-30)41-37(44)33-25-28(39)16-21-34(33)42-50(46,47)31-19-17-29(18-20-31)43-23-7-22-40-43/h2-23,25,35,42H,24H2,1H3,(H,41,44)/t35-/m0/s1. The summed E-state index contributed by atoms with van der Waals surface area (Å²) in [4.78, 5) is 26.5. The molecule has 1 heterocycles. The van der Waals surface area contributed by atoms with Gasteiger partial charge >= 0.3 is 5.97 Å². The summed E-state index contributed by atoms with van der Waals surface area (Å²) < 4.78 is 41.9. The molecule has 6 rings (SSSR count). The number of carbonyl (C=O) groups is 2. The maximum atomic E-state index is 13.6. The molecule has 2 N–H and O–H groups in total. The number of nitrogens with one attached hydrogen (secondary N) is 2. The van der Waals surface area contributed by atoms with E-state index in [-0.39, 0.29) is 27.6 Å². The number of methoxy groups -OCH3 is 1. The lowest BCUT2D eigenvalue weighted by Crippen LogP contribution is -2.43. The Labute approximate surface area is 294 Å². The summed E-state index contributed by atoms with van der Waals surface area (Å²) in [6.45, 7) is 0. The number of para-hydroxylation sites is 2. The van der Waals surface area contributed by atoms with Gasteiger partial charge in [-0.15, -0.1) is 0 Å². The van der Waals surface area contributed by atoms with Crippen LogP contribution in [0.1, 0.15) is 15.9 Å². The quantitative estimate of drug-likeness (QED) is 0.128. The first-order chi connectivity index (χ1) is 24.2. The Kier molecular flexibility index (Phi) is 10.3. The van der Waals surface area contributed by atoms with Crippen LogP contribution in [0.25, 0.3) is 16.8 Å². The minimum Gasteiger partial charge on any atom is -0.467 e. The van der Waals surface area contributed by atoms with Crippen LogP contribution in [-0.2, 0) is 26.0 Å². The van der Waals surface area contributed by atoms with Crippen LogP contribution < -0.4 is 14.8 Å². The summed E-state index contributed by atoms with van der Waals surface area (Å²) in [5.74, 6) is -0.00184. The molecule has 0 fully saturated rings. The number of sulfonamides is 1. The fourth-order valence-corrected chi connectivity index (χ4v) is 6.49. The number of benzene rings is 5. The lowest BCUT2D eigenvalue weighted by Gasteiger charge is -2.19. The number of anilines is 1. The smallest absolute Gasteiger partial charge is 0.328 e. The van der Waals surface area contributed by atoms with Crippen molar-refractivity contribution in [2.24, 2.45) is 0 Å². The van der Waals surface area contributed by atoms with Crippen molar-refractivity contribution in [3.05, 3.63) is 156 Å². The van der Waals surface area contributed by atoms with Gasteiger partial charge in [0.15, 0.2) is 0 Å². The first-order valence-electron chi connectivity index (χ1n) is 15.4. The summed E-state index contributed by atoms with van der Waals surface area (Å²) in [5.41, 5.74) is 3.10. The average molecular weight is 707 g/mol. The van der Waals surface area contributed by atoms with E-state index < -0.39 is 27.9 Å². The van der Waals surface area contributed by atoms with Crippen molar-refractivity contribution in [1.82, 2.24) is 15.1 Å². The van der Waals surface area contributed by atoms with E-state index in [4.69, 9.17) is 21.1 Å². The fraction of sp³-hybridized carbons (Fsp3) is 0.0789. The van der Waals surface area contributed by atoms with Gasteiger partial charge in [-0.1, -0.05) is 72.3 Å². The van der Waals surface area contributed by atoms with Crippen LogP contribution in [0.3, 0.4) is 0 Å². The second kappa shape index (κ2) is 15.1. The molecule has 0 aliphatic rings. The average Bonchev–Trinajstić information content (AvgIpc) is 3.68. The molecule has 5 aromatic carbocycles. The molecule has 0 saturated carbocycles. The molecular weight excluding hydrogens is 676 g/mol. The Hall–Kier alpha value is -5.91. The summed E-state index contributed by atoms with van der Waals surface area (Å²) >= 11 is 6.23. The number of esters is 1. The molecule has 0 radical (unpaired) electrons. The molecule has 0 bridgehead atoms. The zero-order valence-corrected chi connectivity index (χ0v) is 28.3. The van der Waals surface area contributed by atoms with E-state index in [1.165, 1.54) is 37.4 Å². The number of aromatic nitrogens is 2. The van der Waals surface area contributed by atoms with E-state index in [0.29, 0.717) is 17.2 Å². The first-order valence-corrected chi connectivity index (χ1v) is 17.3. The normalized spacial score (nSPS) is 11.7. The van der Waals surface area contributed by atoms with Crippen molar-refractivity contribution in [3.63, 3.8) is 0 Å². The van der Waals surface area contributed by atoms with Crippen LogP contribution in [0.2, 0.25) is 5.02 Å². The number of hydrogen-bond acceptors (Lipinski definition) is 7. The number of nitrogens with zero attached hydrogens (tertiary/aromatic N) is 2. The molecule has 0 saturated heterocycles. The third-order valence-corrected chi connectivity index (χ3v) is 9.36.